The summed E-state index contributed by atoms with van der Waals surface area (Å²) in [6.07, 6.45) is 4.61. The number of imidazole rings is 1. The molecule has 0 spiro atoms. The Kier molecular flexibility index (Phi) is 4.27. The van der Waals surface area contributed by atoms with E-state index in [-0.39, 0.29) is 6.10 Å². The van der Waals surface area contributed by atoms with E-state index in [2.05, 4.69) is 10.1 Å². The van der Waals surface area contributed by atoms with E-state index in [1.165, 1.54) is 6.20 Å². The lowest BCUT2D eigenvalue weighted by Crippen LogP contribution is -2.25. The summed E-state index contributed by atoms with van der Waals surface area (Å²) < 4.78 is 12.7. The van der Waals surface area contributed by atoms with Gasteiger partial charge in [-0.25, -0.2) is 14.3 Å². The molecule has 0 aromatic carbocycles. The second-order valence-corrected chi connectivity index (χ2v) is 5.77. The van der Waals surface area contributed by atoms with Crippen molar-refractivity contribution in [3.8, 4) is 0 Å². The van der Waals surface area contributed by atoms with Gasteiger partial charge < -0.3 is 9.47 Å². The van der Waals surface area contributed by atoms with Crippen molar-refractivity contribution in [1.82, 2.24) is 14.6 Å². The van der Waals surface area contributed by atoms with Crippen LogP contribution in [0.2, 0.25) is 0 Å². The van der Waals surface area contributed by atoms with E-state index < -0.39 is 11.6 Å². The third kappa shape index (κ3) is 3.39. The first kappa shape index (κ1) is 15.4. The molecule has 2 aromatic heterocycles. The Hall–Kier alpha value is -1.95. The fourth-order valence-electron chi connectivity index (χ4n) is 2.12. The van der Waals surface area contributed by atoms with Gasteiger partial charge in [-0.05, 0) is 34.6 Å². The molecule has 2 heterocycles. The first-order valence-corrected chi connectivity index (χ1v) is 7.00. The smallest absolute Gasteiger partial charge is 0.340 e. The molecule has 6 heteroatoms. The van der Waals surface area contributed by atoms with Crippen LogP contribution in [0.25, 0.3) is 5.65 Å². The van der Waals surface area contributed by atoms with Crippen LogP contribution < -0.4 is 0 Å². The van der Waals surface area contributed by atoms with Crippen LogP contribution in [0.3, 0.4) is 0 Å². The molecule has 0 aliphatic heterocycles. The summed E-state index contributed by atoms with van der Waals surface area (Å²) in [4.78, 5) is 16.7. The topological polar surface area (TPSA) is 65.7 Å². The van der Waals surface area contributed by atoms with Gasteiger partial charge in [-0.2, -0.15) is 5.10 Å². The van der Waals surface area contributed by atoms with Crippen LogP contribution in [0.1, 0.15) is 56.6 Å². The maximum absolute atomic E-state index is 12.4. The van der Waals surface area contributed by atoms with E-state index >= 15 is 0 Å². The molecule has 0 aliphatic carbocycles. The second kappa shape index (κ2) is 5.81. The van der Waals surface area contributed by atoms with Gasteiger partial charge in [0.15, 0.2) is 5.65 Å². The third-order valence-electron chi connectivity index (χ3n) is 2.91. The minimum Gasteiger partial charge on any atom is -0.456 e. The van der Waals surface area contributed by atoms with Crippen molar-refractivity contribution >= 4 is 11.6 Å². The minimum absolute atomic E-state index is 0.273. The van der Waals surface area contributed by atoms with Crippen molar-refractivity contribution in [3.05, 3.63) is 29.7 Å². The van der Waals surface area contributed by atoms with Crippen molar-refractivity contribution in [2.45, 2.75) is 46.3 Å². The molecule has 2 rings (SSSR count). The van der Waals surface area contributed by atoms with Gasteiger partial charge in [0.05, 0.1) is 17.9 Å². The Balaban J connectivity index is 2.51. The Morgan fingerprint density at radius 2 is 2.14 bits per heavy atom. The van der Waals surface area contributed by atoms with Gasteiger partial charge in [-0.15, -0.1) is 0 Å². The van der Waals surface area contributed by atoms with Crippen molar-refractivity contribution in [3.63, 3.8) is 0 Å². The molecule has 114 valence electrons. The number of carbonyl (C=O) groups excluding carboxylic acids is 1. The van der Waals surface area contributed by atoms with Crippen LogP contribution in [-0.2, 0) is 9.47 Å². The Bertz CT molecular complexity index is 643. The zero-order valence-electron chi connectivity index (χ0n) is 13.1. The molecule has 0 unspecified atom stereocenters. The Labute approximate surface area is 124 Å². The van der Waals surface area contributed by atoms with Crippen molar-refractivity contribution < 1.29 is 14.3 Å². The molecule has 0 amide bonds. The van der Waals surface area contributed by atoms with E-state index in [0.717, 1.165) is 0 Å². The molecule has 21 heavy (non-hydrogen) atoms. The van der Waals surface area contributed by atoms with Crippen LogP contribution >= 0.6 is 0 Å². The highest BCUT2D eigenvalue weighted by atomic mass is 16.6. The maximum atomic E-state index is 12.4. The van der Waals surface area contributed by atoms with Crippen LogP contribution in [0.4, 0.5) is 0 Å². The quantitative estimate of drug-likeness (QED) is 0.810. The van der Waals surface area contributed by atoms with Gasteiger partial charge in [0, 0.05) is 24.6 Å². The number of aromatic nitrogens is 3. The summed E-state index contributed by atoms with van der Waals surface area (Å²) in [5.74, 6) is -0.415. The average molecular weight is 291 g/mol. The molecular weight excluding hydrogens is 270 g/mol. The molecule has 2 aromatic rings. The van der Waals surface area contributed by atoms with Gasteiger partial charge in [-0.3, -0.25) is 0 Å². The van der Waals surface area contributed by atoms with E-state index in [4.69, 9.17) is 9.47 Å². The third-order valence-corrected chi connectivity index (χ3v) is 2.91. The van der Waals surface area contributed by atoms with E-state index in [0.29, 0.717) is 23.4 Å². The summed E-state index contributed by atoms with van der Waals surface area (Å²) in [7, 11) is 0. The minimum atomic E-state index is -0.565. The van der Waals surface area contributed by atoms with Gasteiger partial charge in [0.1, 0.15) is 5.60 Å². The molecule has 1 atom stereocenters. The number of nitrogens with zero attached hydrogens (tertiary/aromatic N) is 3. The van der Waals surface area contributed by atoms with Gasteiger partial charge in [-0.1, -0.05) is 0 Å². The number of hydrogen-bond donors (Lipinski definition) is 0. The summed E-state index contributed by atoms with van der Waals surface area (Å²) in [6, 6.07) is 0. The van der Waals surface area contributed by atoms with Gasteiger partial charge >= 0.3 is 5.97 Å². The first-order chi connectivity index (χ1) is 9.83. The molecule has 0 fully saturated rings. The molecule has 0 radical (unpaired) electrons. The average Bonchev–Trinajstić information content (AvgIpc) is 2.83. The summed E-state index contributed by atoms with van der Waals surface area (Å²) in [5.41, 5.74) is 1.14. The number of ether oxygens (including phenoxy) is 2. The maximum Gasteiger partial charge on any atom is 0.340 e. The molecule has 0 N–H and O–H groups in total. The standard InChI is InChI=1S/C15H21N3O3/c1-6-20-10(2)12-11(14(19)21-15(3,4)5)9-17-18-8-7-16-13(12)18/h7-10H,6H2,1-5H3/t10-/m1/s1. The fourth-order valence-corrected chi connectivity index (χ4v) is 2.12. The fraction of sp³-hybridized carbons (Fsp3) is 0.533. The highest BCUT2D eigenvalue weighted by molar-refractivity contribution is 5.92. The first-order valence-electron chi connectivity index (χ1n) is 7.00. The highest BCUT2D eigenvalue weighted by Gasteiger charge is 2.25. The number of carbonyl (C=O) groups is 1. The van der Waals surface area contributed by atoms with Crippen LogP contribution in [0.15, 0.2) is 18.6 Å². The highest BCUT2D eigenvalue weighted by Crippen LogP contribution is 2.26. The summed E-state index contributed by atoms with van der Waals surface area (Å²) in [5, 5.41) is 4.19. The Morgan fingerprint density at radius 3 is 2.76 bits per heavy atom. The SMILES string of the molecule is CCO[C@H](C)c1c(C(=O)OC(C)(C)C)cnn2ccnc12. The van der Waals surface area contributed by atoms with Gasteiger partial charge in [0.25, 0.3) is 0 Å². The van der Waals surface area contributed by atoms with Crippen molar-refractivity contribution in [1.29, 1.82) is 0 Å². The lowest BCUT2D eigenvalue weighted by atomic mass is 10.1. The summed E-state index contributed by atoms with van der Waals surface area (Å²) in [6.45, 7) is 9.84. The van der Waals surface area contributed by atoms with Crippen LogP contribution in [0, 0.1) is 0 Å². The zero-order valence-corrected chi connectivity index (χ0v) is 13.1. The number of fused-ring (bicyclic) bond motifs is 1. The zero-order chi connectivity index (χ0) is 15.6. The monoisotopic (exact) mass is 291 g/mol. The van der Waals surface area contributed by atoms with Crippen LogP contribution in [-0.4, -0.2) is 32.8 Å². The molecule has 0 aliphatic rings. The number of rotatable bonds is 4. The molecule has 0 saturated carbocycles. The van der Waals surface area contributed by atoms with Gasteiger partial charge in [0.2, 0.25) is 0 Å². The Morgan fingerprint density at radius 1 is 1.43 bits per heavy atom. The van der Waals surface area contributed by atoms with Crippen molar-refractivity contribution in [2.75, 3.05) is 6.61 Å². The van der Waals surface area contributed by atoms with E-state index in [9.17, 15) is 4.79 Å². The molecule has 6 nitrogen and oxygen atoms in total. The van der Waals surface area contributed by atoms with Crippen molar-refractivity contribution in [2.24, 2.45) is 0 Å². The lowest BCUT2D eigenvalue weighted by molar-refractivity contribution is 0.00590. The number of esters is 1. The molecular formula is C15H21N3O3. The molecule has 0 bridgehead atoms. The largest absolute Gasteiger partial charge is 0.456 e. The predicted octanol–water partition coefficient (Wildman–Crippen LogP) is 2.78. The normalized spacial score (nSPS) is 13.4. The van der Waals surface area contributed by atoms with Crippen LogP contribution in [0.5, 0.6) is 0 Å². The lowest BCUT2D eigenvalue weighted by Gasteiger charge is -2.22. The predicted molar refractivity (Wildman–Crippen MR) is 78.2 cm³/mol. The molecule has 0 saturated heterocycles. The summed E-state index contributed by atoms with van der Waals surface area (Å²) >= 11 is 0. The van der Waals surface area contributed by atoms with E-state index in [1.807, 2.05) is 34.6 Å². The second-order valence-electron chi connectivity index (χ2n) is 5.77. The van der Waals surface area contributed by atoms with E-state index in [1.54, 1.807) is 16.9 Å². The number of hydrogen-bond acceptors (Lipinski definition) is 5.